The van der Waals surface area contributed by atoms with Gasteiger partial charge in [0.25, 0.3) is 0 Å². The van der Waals surface area contributed by atoms with Gasteiger partial charge >= 0.3 is 0 Å². The molecule has 0 heterocycles. The first-order valence-electron chi connectivity index (χ1n) is 8.90. The highest BCUT2D eigenvalue weighted by molar-refractivity contribution is 8.14. The third-order valence-corrected chi connectivity index (χ3v) is 3.69. The predicted molar refractivity (Wildman–Crippen MR) is 111 cm³/mol. The molecule has 0 saturated heterocycles. The first-order valence-corrected chi connectivity index (χ1v) is 9.88. The Balaban J connectivity index is 0. The van der Waals surface area contributed by atoms with Crippen molar-refractivity contribution < 1.29 is 14.4 Å². The fraction of sp³-hybridized carbons (Fsp3) is 0.526. The van der Waals surface area contributed by atoms with Gasteiger partial charge in [-0.1, -0.05) is 43.8 Å². The lowest BCUT2D eigenvalue weighted by Gasteiger charge is -2.03. The average Bonchev–Trinajstić information content (AvgIpc) is 2.68. The van der Waals surface area contributed by atoms with Crippen molar-refractivity contribution in [1.29, 1.82) is 0 Å². The molecule has 0 aliphatic rings. The minimum Gasteiger partial charge on any atom is -0.388 e. The molecule has 0 bridgehead atoms. The highest BCUT2D eigenvalue weighted by Gasteiger charge is 2.02. The Morgan fingerprint density at radius 2 is 1.65 bits per heavy atom. The van der Waals surface area contributed by atoms with Crippen molar-refractivity contribution in [3.63, 3.8) is 0 Å². The summed E-state index contributed by atoms with van der Waals surface area (Å²) in [5.41, 5.74) is 1.16. The summed E-state index contributed by atoms with van der Waals surface area (Å²) in [7, 11) is 1.91. The number of nitrogens with one attached hydrogen (secondary N) is 3. The zero-order valence-corrected chi connectivity index (χ0v) is 17.2. The van der Waals surface area contributed by atoms with Crippen LogP contribution in [0.2, 0.25) is 0 Å². The van der Waals surface area contributed by atoms with Crippen molar-refractivity contribution in [2.24, 2.45) is 0 Å². The third-order valence-electron chi connectivity index (χ3n) is 2.87. The van der Waals surface area contributed by atoms with Gasteiger partial charge in [0.1, 0.15) is 0 Å². The maximum absolute atomic E-state index is 11.1. The van der Waals surface area contributed by atoms with Crippen LogP contribution in [0.1, 0.15) is 40.0 Å². The minimum absolute atomic E-state index is 0.0462. The molecule has 0 spiro atoms. The predicted octanol–water partition coefficient (Wildman–Crippen LogP) is 3.05. The lowest BCUT2D eigenvalue weighted by molar-refractivity contribution is -0.118. The number of unbranched alkanes of at least 4 members (excludes halogenated alkanes) is 2. The van der Waals surface area contributed by atoms with E-state index in [-0.39, 0.29) is 16.8 Å². The van der Waals surface area contributed by atoms with E-state index in [1.807, 2.05) is 51.2 Å². The highest BCUT2D eigenvalue weighted by atomic mass is 32.2. The van der Waals surface area contributed by atoms with E-state index < -0.39 is 0 Å². The smallest absolute Gasteiger partial charge is 0.230 e. The first-order chi connectivity index (χ1) is 12.6. The number of amides is 2. The number of benzene rings is 1. The number of carbonyl (C=O) groups is 3. The van der Waals surface area contributed by atoms with Gasteiger partial charge in [0.15, 0.2) is 5.12 Å². The maximum atomic E-state index is 11.1. The van der Waals surface area contributed by atoms with Gasteiger partial charge in [0.05, 0.1) is 5.75 Å². The summed E-state index contributed by atoms with van der Waals surface area (Å²) < 4.78 is 0. The number of rotatable bonds is 10. The summed E-state index contributed by atoms with van der Waals surface area (Å²) >= 11 is 1.01. The second-order valence-corrected chi connectivity index (χ2v) is 6.03. The Labute approximate surface area is 161 Å². The largest absolute Gasteiger partial charge is 0.388 e. The van der Waals surface area contributed by atoms with Crippen LogP contribution >= 0.6 is 11.8 Å². The summed E-state index contributed by atoms with van der Waals surface area (Å²) in [6, 6.07) is 10.1. The fourth-order valence-corrected chi connectivity index (χ4v) is 2.08. The summed E-state index contributed by atoms with van der Waals surface area (Å²) in [5.74, 6) is 0.0911. The molecule has 7 heteroatoms. The normalized spacial score (nSPS) is 8.77. The van der Waals surface area contributed by atoms with Crippen LogP contribution in [0, 0.1) is 0 Å². The van der Waals surface area contributed by atoms with Crippen LogP contribution in [-0.2, 0) is 14.4 Å². The molecule has 0 atom stereocenters. The van der Waals surface area contributed by atoms with Gasteiger partial charge < -0.3 is 16.0 Å². The number of anilines is 1. The van der Waals surface area contributed by atoms with E-state index in [9.17, 15) is 14.4 Å². The monoisotopic (exact) mass is 383 g/mol. The molecule has 3 N–H and O–H groups in total. The molecule has 26 heavy (non-hydrogen) atoms. The Hall–Kier alpha value is -2.02. The average molecular weight is 384 g/mol. The van der Waals surface area contributed by atoms with Gasteiger partial charge in [-0.05, 0) is 31.4 Å². The van der Waals surface area contributed by atoms with Crippen LogP contribution in [0.4, 0.5) is 5.69 Å². The van der Waals surface area contributed by atoms with Crippen LogP contribution in [0.5, 0.6) is 0 Å². The van der Waals surface area contributed by atoms with Gasteiger partial charge in [-0.2, -0.15) is 0 Å². The quantitative estimate of drug-likeness (QED) is 0.427. The lowest BCUT2D eigenvalue weighted by atomic mass is 10.2. The van der Waals surface area contributed by atoms with Crippen LogP contribution in [-0.4, -0.2) is 43.3 Å². The molecule has 1 rings (SSSR count). The molecule has 0 aromatic heterocycles. The van der Waals surface area contributed by atoms with Crippen molar-refractivity contribution in [1.82, 2.24) is 10.6 Å². The zero-order valence-electron chi connectivity index (χ0n) is 16.3. The van der Waals surface area contributed by atoms with Gasteiger partial charge in [-0.3, -0.25) is 14.4 Å². The van der Waals surface area contributed by atoms with E-state index in [4.69, 9.17) is 0 Å². The van der Waals surface area contributed by atoms with Crippen molar-refractivity contribution in [3.8, 4) is 0 Å². The van der Waals surface area contributed by atoms with Crippen molar-refractivity contribution in [2.75, 3.05) is 31.2 Å². The summed E-state index contributed by atoms with van der Waals surface area (Å²) in [4.78, 5) is 31.6. The molecule has 0 aliphatic heterocycles. The maximum Gasteiger partial charge on any atom is 0.230 e. The number of hydrogen-bond donors (Lipinski definition) is 3. The SMILES string of the molecule is CC.CC(=O)SCC(=O)NCCCCCNC=O.CNc1ccccc1. The number of hydrogen-bond acceptors (Lipinski definition) is 5. The van der Waals surface area contributed by atoms with Crippen LogP contribution < -0.4 is 16.0 Å². The molecule has 1 aromatic carbocycles. The van der Waals surface area contributed by atoms with Gasteiger partial charge in [0.2, 0.25) is 12.3 Å². The summed E-state index contributed by atoms with van der Waals surface area (Å²) in [5, 5.41) is 8.28. The number of para-hydroxylation sites is 1. The number of carbonyl (C=O) groups excluding carboxylic acids is 3. The topological polar surface area (TPSA) is 87.3 Å². The second kappa shape index (κ2) is 21.0. The Bertz CT molecular complexity index is 470. The van der Waals surface area contributed by atoms with Crippen molar-refractivity contribution in [3.05, 3.63) is 30.3 Å². The van der Waals surface area contributed by atoms with Crippen LogP contribution in [0.3, 0.4) is 0 Å². The molecule has 2 amide bonds. The molecule has 0 radical (unpaired) electrons. The third kappa shape index (κ3) is 20.0. The molecule has 0 saturated carbocycles. The fourth-order valence-electron chi connectivity index (χ4n) is 1.64. The Morgan fingerprint density at radius 1 is 1.04 bits per heavy atom. The lowest BCUT2D eigenvalue weighted by Crippen LogP contribution is -2.26. The van der Waals surface area contributed by atoms with Crippen LogP contribution in [0.15, 0.2) is 30.3 Å². The van der Waals surface area contributed by atoms with E-state index >= 15 is 0 Å². The first kappa shape index (κ1) is 26.2. The molecular weight excluding hydrogens is 350 g/mol. The molecule has 1 aromatic rings. The molecule has 0 aliphatic carbocycles. The molecule has 6 nitrogen and oxygen atoms in total. The van der Waals surface area contributed by atoms with Gasteiger partial charge in [-0.15, -0.1) is 0 Å². The molecule has 0 unspecified atom stereocenters. The van der Waals surface area contributed by atoms with E-state index in [0.29, 0.717) is 19.5 Å². The summed E-state index contributed by atoms with van der Waals surface area (Å²) in [6.07, 6.45) is 3.44. The van der Waals surface area contributed by atoms with E-state index in [1.54, 1.807) is 0 Å². The molecular formula is C19H33N3O3S. The van der Waals surface area contributed by atoms with Gasteiger partial charge in [0, 0.05) is 32.7 Å². The Kier molecular flexibility index (Phi) is 21.2. The van der Waals surface area contributed by atoms with E-state index in [0.717, 1.165) is 36.7 Å². The van der Waals surface area contributed by atoms with Crippen molar-refractivity contribution >= 4 is 34.9 Å². The summed E-state index contributed by atoms with van der Waals surface area (Å²) in [6.45, 7) is 6.74. The zero-order chi connectivity index (χ0) is 20.0. The second-order valence-electron chi connectivity index (χ2n) is 4.88. The standard InChI is InChI=1S/C10H18N2O3S.C7H9N.C2H6/c1-9(14)16-7-10(15)12-6-4-2-3-5-11-8-13;1-8-7-5-3-2-4-6-7;1-2/h8H,2-7H2,1H3,(H,11,13)(H,12,15);2-6,8H,1H3;1-2H3. The van der Waals surface area contributed by atoms with E-state index in [1.165, 1.54) is 6.92 Å². The highest BCUT2D eigenvalue weighted by Crippen LogP contribution is 2.01. The Morgan fingerprint density at radius 3 is 2.15 bits per heavy atom. The van der Waals surface area contributed by atoms with Crippen LogP contribution in [0.25, 0.3) is 0 Å². The van der Waals surface area contributed by atoms with Crippen molar-refractivity contribution in [2.45, 2.75) is 40.0 Å². The van der Waals surface area contributed by atoms with Gasteiger partial charge in [-0.25, -0.2) is 0 Å². The van der Waals surface area contributed by atoms with E-state index in [2.05, 4.69) is 16.0 Å². The molecule has 148 valence electrons. The molecule has 0 fully saturated rings. The number of thioether (sulfide) groups is 1. The minimum atomic E-state index is -0.105.